The average molecular weight is 673 g/mol. The molecule has 4 N–H and O–H groups in total. The molecule has 47 heavy (non-hydrogen) atoms. The lowest BCUT2D eigenvalue weighted by Crippen LogP contribution is -2.00. The lowest BCUT2D eigenvalue weighted by atomic mass is 10.0. The molecule has 0 aromatic rings. The van der Waals surface area contributed by atoms with Crippen molar-refractivity contribution in [3.05, 3.63) is 0 Å². The van der Waals surface area contributed by atoms with Crippen LogP contribution in [0.15, 0.2) is 0 Å². The van der Waals surface area contributed by atoms with Gasteiger partial charge in [0.2, 0.25) is 0 Å². The molecule has 0 fully saturated rings. The van der Waals surface area contributed by atoms with E-state index in [0.29, 0.717) is 13.2 Å². The molecule has 282 valence electrons. The summed E-state index contributed by atoms with van der Waals surface area (Å²) in [4.78, 5) is 19.3. The van der Waals surface area contributed by atoms with E-state index in [1.54, 1.807) is 0 Å². The van der Waals surface area contributed by atoms with Crippen LogP contribution in [-0.2, 0) is 14.3 Å². The van der Waals surface area contributed by atoms with Crippen LogP contribution in [0.25, 0.3) is 0 Å². The van der Waals surface area contributed by atoms with Crippen LogP contribution in [0.3, 0.4) is 0 Å². The highest BCUT2D eigenvalue weighted by atomic mass is 16.5. The van der Waals surface area contributed by atoms with E-state index in [1.165, 1.54) is 193 Å². The van der Waals surface area contributed by atoms with Crippen LogP contribution in [0.1, 0.15) is 218 Å². The number of carbonyl (C=O) groups is 2. The van der Waals surface area contributed by atoms with Crippen LogP contribution in [-0.4, -0.2) is 58.8 Å². The molecule has 7 nitrogen and oxygen atoms in total. The fraction of sp³-hybridized carbons (Fsp3) is 0.950. The summed E-state index contributed by atoms with van der Waals surface area (Å²) in [6.07, 6.45) is 42.8. The predicted octanol–water partition coefficient (Wildman–Crippen LogP) is 11.4. The van der Waals surface area contributed by atoms with E-state index in [4.69, 9.17) is 25.2 Å². The average Bonchev–Trinajstić information content (AvgIpc) is 3.06. The van der Waals surface area contributed by atoms with Gasteiger partial charge in [0.05, 0.1) is 12.8 Å². The molecule has 0 spiro atoms. The Balaban J connectivity index is 0. The van der Waals surface area contributed by atoms with Crippen LogP contribution in [0.2, 0.25) is 0 Å². The lowest BCUT2D eigenvalue weighted by molar-refractivity contribution is -0.143. The number of carboxylic acids is 2. The zero-order valence-electron chi connectivity index (χ0n) is 30.9. The van der Waals surface area contributed by atoms with E-state index >= 15 is 0 Å². The van der Waals surface area contributed by atoms with Crippen molar-refractivity contribution in [3.8, 4) is 0 Å². The number of unbranched alkanes of at least 4 members (excludes halogenated alkanes) is 30. The summed E-state index contributed by atoms with van der Waals surface area (Å²) in [7, 11) is 0. The van der Waals surface area contributed by atoms with Gasteiger partial charge in [0.25, 0.3) is 0 Å². The zero-order valence-corrected chi connectivity index (χ0v) is 30.9. The van der Waals surface area contributed by atoms with Gasteiger partial charge in [0, 0.05) is 26.4 Å². The zero-order chi connectivity index (χ0) is 34.7. The summed E-state index contributed by atoms with van der Waals surface area (Å²) in [5.74, 6) is -2.15. The molecule has 0 rings (SSSR count). The third-order valence-electron chi connectivity index (χ3n) is 8.95. The van der Waals surface area contributed by atoms with Crippen LogP contribution in [0, 0.1) is 0 Å². The first-order valence-electron chi connectivity index (χ1n) is 20.3. The second-order valence-electron chi connectivity index (χ2n) is 13.7. The molecule has 0 amide bonds. The Hall–Kier alpha value is -1.18. The van der Waals surface area contributed by atoms with Gasteiger partial charge in [-0.25, -0.2) is 0 Å². The maximum Gasteiger partial charge on any atom is 0.303 e. The first kappa shape index (κ1) is 47.9. The van der Waals surface area contributed by atoms with Crippen molar-refractivity contribution in [2.45, 2.75) is 218 Å². The Labute approximate surface area is 291 Å². The van der Waals surface area contributed by atoms with Gasteiger partial charge in [0.15, 0.2) is 0 Å². The Morgan fingerprint density at radius 3 is 0.638 bits per heavy atom. The Morgan fingerprint density at radius 1 is 0.298 bits per heavy atom. The molecule has 0 saturated carbocycles. The van der Waals surface area contributed by atoms with E-state index in [9.17, 15) is 9.59 Å². The minimum atomic E-state index is -1.08. The van der Waals surface area contributed by atoms with Crippen LogP contribution < -0.4 is 0 Å². The molecule has 0 aliphatic heterocycles. The van der Waals surface area contributed by atoms with Gasteiger partial charge in [-0.1, -0.05) is 180 Å². The van der Waals surface area contributed by atoms with Gasteiger partial charge < -0.3 is 25.2 Å². The SMILES string of the molecule is O=C(O)CCC(=O)O.OCCCCCCCCCCCCCCCCCCOCCCCCCCCCCCCCCCCCCO. The van der Waals surface area contributed by atoms with Gasteiger partial charge >= 0.3 is 11.9 Å². The number of hydrogen-bond donors (Lipinski definition) is 4. The molecule has 0 unspecified atom stereocenters. The Kier molecular flexibility index (Phi) is 45.7. The van der Waals surface area contributed by atoms with Gasteiger partial charge in [0.1, 0.15) is 0 Å². The molecule has 0 saturated heterocycles. The van der Waals surface area contributed by atoms with E-state index in [0.717, 1.165) is 26.1 Å². The van der Waals surface area contributed by atoms with E-state index in [-0.39, 0.29) is 12.8 Å². The molecule has 0 radical (unpaired) electrons. The van der Waals surface area contributed by atoms with E-state index in [1.807, 2.05) is 0 Å². The fourth-order valence-electron chi connectivity index (χ4n) is 5.90. The molecular weight excluding hydrogens is 592 g/mol. The molecular formula is C40H80O7. The number of ether oxygens (including phenoxy) is 1. The van der Waals surface area contributed by atoms with Crippen molar-refractivity contribution in [1.82, 2.24) is 0 Å². The largest absolute Gasteiger partial charge is 0.481 e. The monoisotopic (exact) mass is 673 g/mol. The van der Waals surface area contributed by atoms with Crippen LogP contribution >= 0.6 is 0 Å². The number of aliphatic carboxylic acids is 2. The summed E-state index contributed by atoms with van der Waals surface area (Å²) < 4.78 is 5.86. The third-order valence-corrected chi connectivity index (χ3v) is 8.95. The Bertz CT molecular complexity index is 549. The van der Waals surface area contributed by atoms with Gasteiger partial charge in [-0.15, -0.1) is 0 Å². The first-order chi connectivity index (χ1) is 23.0. The van der Waals surface area contributed by atoms with Crippen LogP contribution in [0.5, 0.6) is 0 Å². The van der Waals surface area contributed by atoms with Gasteiger partial charge in [-0.05, 0) is 25.7 Å². The number of aliphatic hydroxyl groups excluding tert-OH is 2. The highest BCUT2D eigenvalue weighted by Gasteiger charge is 2.01. The molecule has 7 heteroatoms. The lowest BCUT2D eigenvalue weighted by Gasteiger charge is -2.06. The quantitative estimate of drug-likeness (QED) is 0.0479. The van der Waals surface area contributed by atoms with Gasteiger partial charge in [-0.2, -0.15) is 0 Å². The number of hydrogen-bond acceptors (Lipinski definition) is 5. The molecule has 0 atom stereocenters. The molecule has 0 aromatic heterocycles. The molecule has 0 aliphatic carbocycles. The maximum atomic E-state index is 9.64. The topological polar surface area (TPSA) is 124 Å². The van der Waals surface area contributed by atoms with Crippen molar-refractivity contribution in [3.63, 3.8) is 0 Å². The second kappa shape index (κ2) is 44.8. The summed E-state index contributed by atoms with van der Waals surface area (Å²) in [6.45, 7) is 2.69. The second-order valence-corrected chi connectivity index (χ2v) is 13.7. The van der Waals surface area contributed by atoms with Crippen molar-refractivity contribution in [2.75, 3.05) is 26.4 Å². The van der Waals surface area contributed by atoms with Crippen molar-refractivity contribution in [1.29, 1.82) is 0 Å². The standard InChI is InChI=1S/C36H74O3.C4H6O4/c37-33-29-25-21-17-13-9-5-1-3-7-11-15-19-23-27-31-35-39-36-32-28-24-20-16-12-8-4-2-6-10-14-18-22-26-30-34-38;5-3(6)1-2-4(7)8/h37-38H,1-36H2;1-2H2,(H,5,6)(H,7,8). The van der Waals surface area contributed by atoms with Crippen LogP contribution in [0.4, 0.5) is 0 Å². The normalized spacial score (nSPS) is 11.0. The van der Waals surface area contributed by atoms with E-state index in [2.05, 4.69) is 0 Å². The molecule has 0 heterocycles. The summed E-state index contributed by atoms with van der Waals surface area (Å²) in [6, 6.07) is 0. The first-order valence-corrected chi connectivity index (χ1v) is 20.3. The van der Waals surface area contributed by atoms with E-state index < -0.39 is 11.9 Å². The molecule has 0 aromatic carbocycles. The molecule has 0 aliphatic rings. The van der Waals surface area contributed by atoms with Crippen molar-refractivity contribution < 1.29 is 34.8 Å². The highest BCUT2D eigenvalue weighted by molar-refractivity contribution is 5.75. The Morgan fingerprint density at radius 2 is 0.468 bits per heavy atom. The number of rotatable bonds is 39. The third kappa shape index (κ3) is 51.8. The fourth-order valence-corrected chi connectivity index (χ4v) is 5.90. The number of aliphatic hydroxyl groups is 2. The number of carboxylic acid groups (broad SMARTS) is 2. The summed E-state index contributed by atoms with van der Waals surface area (Å²) in [5, 5.41) is 33.4. The predicted molar refractivity (Wildman–Crippen MR) is 197 cm³/mol. The minimum Gasteiger partial charge on any atom is -0.481 e. The summed E-state index contributed by atoms with van der Waals surface area (Å²) in [5.41, 5.74) is 0. The van der Waals surface area contributed by atoms with Crippen molar-refractivity contribution in [2.24, 2.45) is 0 Å². The molecule has 0 bridgehead atoms. The smallest absolute Gasteiger partial charge is 0.303 e. The van der Waals surface area contributed by atoms with Crippen molar-refractivity contribution >= 4 is 11.9 Å². The minimum absolute atomic E-state index is 0.296. The van der Waals surface area contributed by atoms with Gasteiger partial charge in [-0.3, -0.25) is 9.59 Å². The maximum absolute atomic E-state index is 9.64. The highest BCUT2D eigenvalue weighted by Crippen LogP contribution is 2.15. The summed E-state index contributed by atoms with van der Waals surface area (Å²) >= 11 is 0.